The third-order valence-corrected chi connectivity index (χ3v) is 5.14. The van der Waals surface area contributed by atoms with Gasteiger partial charge in [-0.3, -0.25) is 4.79 Å². The molecule has 3 unspecified atom stereocenters. The number of aliphatic hydroxyl groups excluding tert-OH is 1. The van der Waals surface area contributed by atoms with Crippen molar-refractivity contribution in [2.24, 2.45) is 17.8 Å². The fourth-order valence-corrected chi connectivity index (χ4v) is 3.73. The average Bonchev–Trinajstić information content (AvgIpc) is 2.83. The Morgan fingerprint density at radius 3 is 2.53 bits per heavy atom. The molecule has 2 rings (SSSR count). The third-order valence-electron chi connectivity index (χ3n) is 5.14. The number of aliphatic hydroxyl groups is 1. The van der Waals surface area contributed by atoms with E-state index in [9.17, 15) is 9.90 Å². The summed E-state index contributed by atoms with van der Waals surface area (Å²) in [7, 11) is 0. The minimum absolute atomic E-state index is 0.178. The van der Waals surface area contributed by atoms with Gasteiger partial charge in [0.15, 0.2) is 0 Å². The van der Waals surface area contributed by atoms with Crippen molar-refractivity contribution >= 4 is 5.91 Å². The second-order valence-corrected chi connectivity index (χ2v) is 6.64. The molecule has 0 radical (unpaired) electrons. The van der Waals surface area contributed by atoms with Crippen molar-refractivity contribution in [3.8, 4) is 0 Å². The molecule has 0 aromatic rings. The Labute approximate surface area is 117 Å². The van der Waals surface area contributed by atoms with E-state index >= 15 is 0 Å². The minimum atomic E-state index is -0.198. The van der Waals surface area contributed by atoms with E-state index in [0.717, 1.165) is 25.2 Å². The van der Waals surface area contributed by atoms with Gasteiger partial charge in [0, 0.05) is 18.9 Å². The molecule has 0 aliphatic heterocycles. The van der Waals surface area contributed by atoms with Gasteiger partial charge in [-0.25, -0.2) is 0 Å². The molecule has 2 aliphatic rings. The van der Waals surface area contributed by atoms with Crippen molar-refractivity contribution in [1.29, 1.82) is 0 Å². The lowest BCUT2D eigenvalue weighted by Crippen LogP contribution is -2.34. The highest BCUT2D eigenvalue weighted by atomic mass is 16.3. The van der Waals surface area contributed by atoms with E-state index in [2.05, 4.69) is 12.2 Å². The summed E-state index contributed by atoms with van der Waals surface area (Å²) in [6.07, 6.45) is 10.2. The number of hydrogen-bond donors (Lipinski definition) is 2. The lowest BCUT2D eigenvalue weighted by molar-refractivity contribution is -0.122. The summed E-state index contributed by atoms with van der Waals surface area (Å²) in [4.78, 5) is 12.0. The maximum atomic E-state index is 12.0. The molecule has 0 spiro atoms. The van der Waals surface area contributed by atoms with Crippen molar-refractivity contribution in [2.45, 2.75) is 70.8 Å². The van der Waals surface area contributed by atoms with Gasteiger partial charge in [-0.2, -0.15) is 0 Å². The van der Waals surface area contributed by atoms with Crippen LogP contribution in [0.4, 0.5) is 0 Å². The van der Waals surface area contributed by atoms with Crippen molar-refractivity contribution in [1.82, 2.24) is 5.32 Å². The van der Waals surface area contributed by atoms with Crippen LogP contribution in [0.15, 0.2) is 0 Å². The highest BCUT2D eigenvalue weighted by Crippen LogP contribution is 2.31. The lowest BCUT2D eigenvalue weighted by Gasteiger charge is -2.27. The van der Waals surface area contributed by atoms with E-state index in [-0.39, 0.29) is 17.9 Å². The van der Waals surface area contributed by atoms with Crippen LogP contribution in [0.5, 0.6) is 0 Å². The molecule has 19 heavy (non-hydrogen) atoms. The molecule has 2 saturated carbocycles. The van der Waals surface area contributed by atoms with Gasteiger partial charge >= 0.3 is 0 Å². The lowest BCUT2D eigenvalue weighted by atomic mass is 9.79. The van der Waals surface area contributed by atoms with Crippen LogP contribution in [0.1, 0.15) is 64.7 Å². The summed E-state index contributed by atoms with van der Waals surface area (Å²) in [5.41, 5.74) is 0. The molecule has 3 atom stereocenters. The van der Waals surface area contributed by atoms with Gasteiger partial charge in [0.2, 0.25) is 5.91 Å². The number of rotatable bonds is 5. The van der Waals surface area contributed by atoms with E-state index in [1.54, 1.807) is 0 Å². The van der Waals surface area contributed by atoms with Crippen LogP contribution < -0.4 is 5.32 Å². The van der Waals surface area contributed by atoms with E-state index in [0.29, 0.717) is 18.9 Å². The van der Waals surface area contributed by atoms with Crippen molar-refractivity contribution in [3.05, 3.63) is 0 Å². The van der Waals surface area contributed by atoms with E-state index in [1.165, 1.54) is 32.1 Å². The Morgan fingerprint density at radius 1 is 1.16 bits per heavy atom. The van der Waals surface area contributed by atoms with Crippen molar-refractivity contribution < 1.29 is 9.90 Å². The number of carbonyl (C=O) groups excluding carboxylic acids is 1. The van der Waals surface area contributed by atoms with E-state index < -0.39 is 0 Å². The molecule has 2 N–H and O–H groups in total. The minimum Gasteiger partial charge on any atom is -0.393 e. The highest BCUT2D eigenvalue weighted by Gasteiger charge is 2.26. The fraction of sp³-hybridized carbons (Fsp3) is 0.938. The molecular formula is C16H29NO2. The molecule has 0 bridgehead atoms. The smallest absolute Gasteiger partial charge is 0.220 e. The average molecular weight is 267 g/mol. The van der Waals surface area contributed by atoms with Crippen molar-refractivity contribution in [2.75, 3.05) is 6.54 Å². The number of carbonyl (C=O) groups is 1. The zero-order chi connectivity index (χ0) is 13.7. The summed E-state index contributed by atoms with van der Waals surface area (Å²) < 4.78 is 0. The highest BCUT2D eigenvalue weighted by molar-refractivity contribution is 5.76. The second-order valence-electron chi connectivity index (χ2n) is 6.64. The zero-order valence-corrected chi connectivity index (χ0v) is 12.2. The number of amides is 1. The Bertz CT molecular complexity index is 286. The molecule has 110 valence electrons. The first kappa shape index (κ1) is 14.8. The van der Waals surface area contributed by atoms with E-state index in [4.69, 9.17) is 0 Å². The Balaban J connectivity index is 1.65. The van der Waals surface area contributed by atoms with Gasteiger partial charge in [0.1, 0.15) is 0 Å². The van der Waals surface area contributed by atoms with Gasteiger partial charge in [0.25, 0.3) is 0 Å². The van der Waals surface area contributed by atoms with Crippen LogP contribution in [-0.2, 0) is 4.79 Å². The SMILES string of the molecule is CC(CC(=O)NCC1CCCC1O)C1CCCCC1. The first-order valence-electron chi connectivity index (χ1n) is 8.11. The molecule has 2 aliphatic carbocycles. The molecule has 1 amide bonds. The summed E-state index contributed by atoms with van der Waals surface area (Å²) in [6.45, 7) is 2.89. The van der Waals surface area contributed by atoms with Crippen LogP contribution in [-0.4, -0.2) is 23.7 Å². The third kappa shape index (κ3) is 4.48. The second kappa shape index (κ2) is 7.28. The fourth-order valence-electron chi connectivity index (χ4n) is 3.73. The predicted molar refractivity (Wildman–Crippen MR) is 76.7 cm³/mol. The van der Waals surface area contributed by atoms with Gasteiger partial charge in [-0.05, 0) is 24.7 Å². The van der Waals surface area contributed by atoms with Crippen molar-refractivity contribution in [3.63, 3.8) is 0 Å². The summed E-state index contributed by atoms with van der Waals surface area (Å²) in [5, 5.41) is 12.8. The summed E-state index contributed by atoms with van der Waals surface area (Å²) in [5.74, 6) is 1.72. The normalized spacial score (nSPS) is 30.2. The number of hydrogen-bond acceptors (Lipinski definition) is 2. The zero-order valence-electron chi connectivity index (χ0n) is 12.2. The van der Waals surface area contributed by atoms with Crippen LogP contribution in [0.3, 0.4) is 0 Å². The molecule has 0 saturated heterocycles. The topological polar surface area (TPSA) is 49.3 Å². The van der Waals surface area contributed by atoms with Crippen LogP contribution >= 0.6 is 0 Å². The van der Waals surface area contributed by atoms with Gasteiger partial charge < -0.3 is 10.4 Å². The van der Waals surface area contributed by atoms with Crippen LogP contribution in [0.25, 0.3) is 0 Å². The molecule has 0 heterocycles. The molecular weight excluding hydrogens is 238 g/mol. The van der Waals surface area contributed by atoms with Gasteiger partial charge in [-0.1, -0.05) is 45.4 Å². The van der Waals surface area contributed by atoms with Gasteiger partial charge in [0.05, 0.1) is 6.10 Å². The van der Waals surface area contributed by atoms with Gasteiger partial charge in [-0.15, -0.1) is 0 Å². The standard InChI is InChI=1S/C16H29NO2/c1-12(13-6-3-2-4-7-13)10-16(19)17-11-14-8-5-9-15(14)18/h12-15,18H,2-11H2,1H3,(H,17,19). The molecule has 2 fully saturated rings. The maximum Gasteiger partial charge on any atom is 0.220 e. The summed E-state index contributed by atoms with van der Waals surface area (Å²) in [6, 6.07) is 0. The maximum absolute atomic E-state index is 12.0. The van der Waals surface area contributed by atoms with Crippen LogP contribution in [0, 0.1) is 17.8 Å². The predicted octanol–water partition coefficient (Wildman–Crippen LogP) is 2.87. The first-order chi connectivity index (χ1) is 9.16. The monoisotopic (exact) mass is 267 g/mol. The Hall–Kier alpha value is -0.570. The van der Waals surface area contributed by atoms with Crippen LogP contribution in [0.2, 0.25) is 0 Å². The molecule has 0 aromatic heterocycles. The summed E-state index contributed by atoms with van der Waals surface area (Å²) >= 11 is 0. The Kier molecular flexibility index (Phi) is 5.68. The largest absolute Gasteiger partial charge is 0.393 e. The molecule has 0 aromatic carbocycles. The quantitative estimate of drug-likeness (QED) is 0.804. The Morgan fingerprint density at radius 2 is 1.89 bits per heavy atom. The number of nitrogens with one attached hydrogen (secondary N) is 1. The molecule has 3 nitrogen and oxygen atoms in total. The molecule has 3 heteroatoms. The first-order valence-corrected chi connectivity index (χ1v) is 8.11. The van der Waals surface area contributed by atoms with E-state index in [1.807, 2.05) is 0 Å².